The van der Waals surface area contributed by atoms with Gasteiger partial charge < -0.3 is 9.30 Å². The van der Waals surface area contributed by atoms with E-state index in [1.54, 1.807) is 14.0 Å². The van der Waals surface area contributed by atoms with E-state index in [4.69, 9.17) is 22.8 Å². The lowest BCUT2D eigenvalue weighted by molar-refractivity contribution is -0.121. The van der Waals surface area contributed by atoms with Crippen LogP contribution in [0.1, 0.15) is 5.69 Å². The summed E-state index contributed by atoms with van der Waals surface area (Å²) >= 11 is 6.26. The van der Waals surface area contributed by atoms with E-state index in [2.05, 4.69) is 5.92 Å². The minimum atomic E-state index is -0.543. The number of amides is 1. The second-order valence-electron chi connectivity index (χ2n) is 5.54. The zero-order valence-electron chi connectivity index (χ0n) is 13.6. The highest BCUT2D eigenvalue weighted by atomic mass is 35.5. The molecule has 1 amide bonds. The fraction of sp³-hybridized carbons (Fsp3) is 0.235. The molecule has 0 radical (unpaired) electrons. The van der Waals surface area contributed by atoms with E-state index in [-0.39, 0.29) is 29.8 Å². The van der Waals surface area contributed by atoms with Crippen LogP contribution in [0.5, 0.6) is 5.75 Å². The van der Waals surface area contributed by atoms with Crippen LogP contribution in [0, 0.1) is 19.3 Å². The van der Waals surface area contributed by atoms with E-state index >= 15 is 0 Å². The number of rotatable bonds is 2. The molecular weight excluding hydrogens is 346 g/mol. The van der Waals surface area contributed by atoms with Crippen LogP contribution in [0.25, 0.3) is 5.69 Å². The number of ether oxygens (including phenoxy) is 1. The molecule has 1 aromatic carbocycles. The van der Waals surface area contributed by atoms with Crippen molar-refractivity contribution < 1.29 is 9.53 Å². The highest BCUT2D eigenvalue weighted by molar-refractivity contribution is 6.32. The third-order valence-electron chi connectivity index (χ3n) is 4.02. The summed E-state index contributed by atoms with van der Waals surface area (Å²) in [5.74, 6) is 2.45. The molecule has 0 atom stereocenters. The van der Waals surface area contributed by atoms with E-state index in [1.165, 1.54) is 27.7 Å². The molecule has 3 rings (SSSR count). The van der Waals surface area contributed by atoms with E-state index < -0.39 is 11.2 Å². The quantitative estimate of drug-likeness (QED) is 0.745. The average Bonchev–Trinajstić information content (AvgIpc) is 2.56. The van der Waals surface area contributed by atoms with Gasteiger partial charge in [-0.15, -0.1) is 6.42 Å². The number of carbonyl (C=O) groups is 1. The summed E-state index contributed by atoms with van der Waals surface area (Å²) in [4.78, 5) is 38.3. The van der Waals surface area contributed by atoms with Crippen molar-refractivity contribution in [3.8, 4) is 23.8 Å². The molecule has 128 valence electrons. The third kappa shape index (κ3) is 2.71. The number of hydrogen-bond acceptors (Lipinski definition) is 4. The fourth-order valence-electron chi connectivity index (χ4n) is 2.60. The molecule has 0 unspecified atom stereocenters. The molecule has 0 saturated heterocycles. The fourth-order valence-corrected chi connectivity index (χ4v) is 2.84. The van der Waals surface area contributed by atoms with Crippen molar-refractivity contribution >= 4 is 23.2 Å². The van der Waals surface area contributed by atoms with Gasteiger partial charge in [0.25, 0.3) is 11.5 Å². The van der Waals surface area contributed by atoms with Gasteiger partial charge in [0.05, 0.1) is 22.9 Å². The number of carbonyl (C=O) groups excluding carboxylic acids is 1. The van der Waals surface area contributed by atoms with Crippen molar-refractivity contribution in [1.29, 1.82) is 0 Å². The Labute approximate surface area is 148 Å². The molecule has 0 saturated carbocycles. The molecule has 0 N–H and O–H groups in total. The maximum atomic E-state index is 12.5. The number of nitrogens with zero attached hydrogens (tertiary/aromatic N) is 3. The summed E-state index contributed by atoms with van der Waals surface area (Å²) in [5, 5.41) is 0.150. The Kier molecular flexibility index (Phi) is 4.15. The Morgan fingerprint density at radius 2 is 1.96 bits per heavy atom. The normalized spacial score (nSPS) is 13.2. The summed E-state index contributed by atoms with van der Waals surface area (Å²) in [6.07, 6.45) is 5.32. The van der Waals surface area contributed by atoms with Crippen LogP contribution in [0.3, 0.4) is 0 Å². The highest BCUT2D eigenvalue weighted by Crippen LogP contribution is 2.37. The smallest absolute Gasteiger partial charge is 0.335 e. The predicted octanol–water partition coefficient (Wildman–Crippen LogP) is 0.857. The second-order valence-corrected chi connectivity index (χ2v) is 5.95. The highest BCUT2D eigenvalue weighted by Gasteiger charge is 2.27. The van der Waals surface area contributed by atoms with E-state index in [9.17, 15) is 14.4 Å². The lowest BCUT2D eigenvalue weighted by Crippen LogP contribution is -2.40. The first-order valence-electron chi connectivity index (χ1n) is 7.35. The lowest BCUT2D eigenvalue weighted by Gasteiger charge is -2.28. The van der Waals surface area contributed by atoms with Crippen molar-refractivity contribution in [2.45, 2.75) is 6.92 Å². The Morgan fingerprint density at radius 1 is 1.24 bits per heavy atom. The molecule has 0 fully saturated rings. The lowest BCUT2D eigenvalue weighted by atomic mass is 10.2. The molecule has 1 aromatic heterocycles. The number of benzene rings is 1. The average molecular weight is 360 g/mol. The topological polar surface area (TPSA) is 73.5 Å². The van der Waals surface area contributed by atoms with E-state index in [1.807, 2.05) is 0 Å². The molecule has 0 aliphatic carbocycles. The van der Waals surface area contributed by atoms with Crippen LogP contribution < -0.4 is 20.9 Å². The van der Waals surface area contributed by atoms with Crippen LogP contribution in [0.2, 0.25) is 5.02 Å². The standard InChI is InChI=1S/C17H14ClN3O4/c1-4-5-20-13-8-12(11(18)7-14(13)25-9-16(20)23)21-15(22)6-10(2)19(3)17(21)24/h1,6-8H,5,9H2,2-3H3. The monoisotopic (exact) mass is 359 g/mol. The Morgan fingerprint density at radius 3 is 2.64 bits per heavy atom. The van der Waals surface area contributed by atoms with Gasteiger partial charge in [-0.25, -0.2) is 9.36 Å². The van der Waals surface area contributed by atoms with Crippen LogP contribution in [0.15, 0.2) is 27.8 Å². The van der Waals surface area contributed by atoms with Gasteiger partial charge in [-0.05, 0) is 13.0 Å². The molecule has 1 aliphatic rings. The summed E-state index contributed by atoms with van der Waals surface area (Å²) in [5.41, 5.74) is -0.0188. The van der Waals surface area contributed by atoms with Gasteiger partial charge in [-0.1, -0.05) is 17.5 Å². The number of aryl methyl sites for hydroxylation is 1. The van der Waals surface area contributed by atoms with Crippen molar-refractivity contribution in [2.24, 2.45) is 7.05 Å². The summed E-state index contributed by atoms with van der Waals surface area (Å²) in [7, 11) is 1.55. The number of anilines is 1. The van der Waals surface area contributed by atoms with Gasteiger partial charge in [0.1, 0.15) is 5.75 Å². The van der Waals surface area contributed by atoms with Crippen molar-refractivity contribution in [2.75, 3.05) is 18.1 Å². The van der Waals surface area contributed by atoms with Crippen molar-refractivity contribution in [3.63, 3.8) is 0 Å². The molecule has 8 heteroatoms. The summed E-state index contributed by atoms with van der Waals surface area (Å²) in [6, 6.07) is 4.26. The number of halogens is 1. The number of terminal acetylenes is 1. The maximum Gasteiger partial charge on any atom is 0.335 e. The molecule has 0 bridgehead atoms. The SMILES string of the molecule is C#CCN1C(=O)COc2cc(Cl)c(-n3c(=O)cc(C)n(C)c3=O)cc21. The van der Waals surface area contributed by atoms with Crippen LogP contribution >= 0.6 is 11.6 Å². The van der Waals surface area contributed by atoms with Gasteiger partial charge in [0.2, 0.25) is 0 Å². The number of fused-ring (bicyclic) bond motifs is 1. The molecule has 2 heterocycles. The summed E-state index contributed by atoms with van der Waals surface area (Å²) in [6.45, 7) is 1.54. The number of aromatic nitrogens is 2. The third-order valence-corrected chi connectivity index (χ3v) is 4.32. The molecule has 25 heavy (non-hydrogen) atoms. The predicted molar refractivity (Wildman–Crippen MR) is 93.7 cm³/mol. The van der Waals surface area contributed by atoms with Crippen molar-refractivity contribution in [1.82, 2.24) is 9.13 Å². The molecular formula is C17H14ClN3O4. The molecule has 7 nitrogen and oxygen atoms in total. The largest absolute Gasteiger partial charge is 0.482 e. The zero-order chi connectivity index (χ0) is 18.3. The van der Waals surface area contributed by atoms with Crippen LogP contribution in [-0.4, -0.2) is 28.2 Å². The van der Waals surface area contributed by atoms with Crippen molar-refractivity contribution in [3.05, 3.63) is 49.8 Å². The first kappa shape index (κ1) is 16.9. The first-order chi connectivity index (χ1) is 11.8. The Balaban J connectivity index is 2.29. The van der Waals surface area contributed by atoms with Gasteiger partial charge in [-0.3, -0.25) is 14.5 Å². The van der Waals surface area contributed by atoms with Crippen LogP contribution in [-0.2, 0) is 11.8 Å². The second kappa shape index (κ2) is 6.15. The van der Waals surface area contributed by atoms with Gasteiger partial charge in [-0.2, -0.15) is 0 Å². The van der Waals surface area contributed by atoms with Crippen LogP contribution in [0.4, 0.5) is 5.69 Å². The molecule has 2 aromatic rings. The van der Waals surface area contributed by atoms with Gasteiger partial charge >= 0.3 is 5.69 Å². The van der Waals surface area contributed by atoms with Gasteiger partial charge in [0.15, 0.2) is 6.61 Å². The number of hydrogen-bond donors (Lipinski definition) is 0. The molecule has 1 aliphatic heterocycles. The van der Waals surface area contributed by atoms with E-state index in [0.29, 0.717) is 17.1 Å². The molecule has 0 spiro atoms. The minimum Gasteiger partial charge on any atom is -0.482 e. The zero-order valence-corrected chi connectivity index (χ0v) is 14.3. The maximum absolute atomic E-state index is 12.5. The Hall–Kier alpha value is -2.98. The minimum absolute atomic E-state index is 0.0388. The Bertz CT molecular complexity index is 1050. The summed E-state index contributed by atoms with van der Waals surface area (Å²) < 4.78 is 7.65. The first-order valence-corrected chi connectivity index (χ1v) is 7.73. The van der Waals surface area contributed by atoms with Gasteiger partial charge in [0, 0.05) is 24.9 Å². The van der Waals surface area contributed by atoms with E-state index in [0.717, 1.165) is 4.57 Å².